The Labute approximate surface area is 213 Å². The lowest BCUT2D eigenvalue weighted by Gasteiger charge is -2.37. The van der Waals surface area contributed by atoms with Crippen LogP contribution in [0.5, 0.6) is 0 Å². The van der Waals surface area contributed by atoms with E-state index in [4.69, 9.17) is 0 Å². The highest BCUT2D eigenvalue weighted by Crippen LogP contribution is 2.37. The molecule has 35 heavy (non-hydrogen) atoms. The maximum atomic E-state index is 12.8. The molecule has 0 atom stereocenters. The van der Waals surface area contributed by atoms with Gasteiger partial charge in [0.25, 0.3) is 5.91 Å². The minimum Gasteiger partial charge on any atom is -0.369 e. The second-order valence-corrected chi connectivity index (χ2v) is 10.8. The van der Waals surface area contributed by atoms with E-state index in [0.717, 1.165) is 75.0 Å². The summed E-state index contributed by atoms with van der Waals surface area (Å²) in [5.74, 6) is 0.0475. The van der Waals surface area contributed by atoms with E-state index >= 15 is 0 Å². The zero-order valence-electron chi connectivity index (χ0n) is 20.9. The molecule has 3 heterocycles. The molecule has 1 aromatic heterocycles. The Balaban J connectivity index is 1.06. The Hall–Kier alpha value is -2.83. The van der Waals surface area contributed by atoms with Gasteiger partial charge < -0.3 is 15.1 Å². The summed E-state index contributed by atoms with van der Waals surface area (Å²) in [6, 6.07) is 19.4. The monoisotopic (exact) mass is 488 g/mol. The van der Waals surface area contributed by atoms with Gasteiger partial charge in [-0.25, -0.2) is 0 Å². The van der Waals surface area contributed by atoms with Gasteiger partial charge in [0.15, 0.2) is 0 Å². The summed E-state index contributed by atoms with van der Waals surface area (Å²) >= 11 is 1.60. The SMILES string of the molecule is Cc1ccc(C)c(N2CCN(CCCNC(=O)c3ccc(N4CCCc5ccccc54)s3)CC2)c1. The van der Waals surface area contributed by atoms with Gasteiger partial charge in [-0.3, -0.25) is 9.69 Å². The van der Waals surface area contributed by atoms with Gasteiger partial charge in [0, 0.05) is 50.6 Å². The van der Waals surface area contributed by atoms with E-state index in [2.05, 4.69) is 82.4 Å². The van der Waals surface area contributed by atoms with Crippen molar-refractivity contribution in [3.05, 3.63) is 76.2 Å². The fourth-order valence-corrected chi connectivity index (χ4v) is 6.18. The van der Waals surface area contributed by atoms with Gasteiger partial charge in [-0.15, -0.1) is 11.3 Å². The van der Waals surface area contributed by atoms with Crippen LogP contribution in [0.2, 0.25) is 0 Å². The first-order chi connectivity index (χ1) is 17.1. The van der Waals surface area contributed by atoms with Crippen molar-refractivity contribution >= 4 is 33.6 Å². The first kappa shape index (κ1) is 23.9. The number of rotatable bonds is 7. The number of anilines is 3. The van der Waals surface area contributed by atoms with Crippen molar-refractivity contribution in [3.63, 3.8) is 0 Å². The van der Waals surface area contributed by atoms with Crippen molar-refractivity contribution in [1.82, 2.24) is 10.2 Å². The number of aryl methyl sites for hydroxylation is 3. The molecule has 1 N–H and O–H groups in total. The zero-order chi connectivity index (χ0) is 24.2. The topological polar surface area (TPSA) is 38.8 Å². The molecule has 2 aliphatic heterocycles. The molecule has 3 aromatic rings. The summed E-state index contributed by atoms with van der Waals surface area (Å²) in [4.78, 5) is 20.9. The summed E-state index contributed by atoms with van der Waals surface area (Å²) in [5.41, 5.74) is 6.73. The number of carbonyl (C=O) groups is 1. The van der Waals surface area contributed by atoms with Crippen LogP contribution in [0.3, 0.4) is 0 Å². The summed E-state index contributed by atoms with van der Waals surface area (Å²) in [6.07, 6.45) is 3.26. The molecule has 0 unspecified atom stereocenters. The molecular weight excluding hydrogens is 452 g/mol. The third-order valence-electron chi connectivity index (χ3n) is 7.21. The van der Waals surface area contributed by atoms with Crippen LogP contribution in [0.15, 0.2) is 54.6 Å². The van der Waals surface area contributed by atoms with Crippen LogP contribution < -0.4 is 15.1 Å². The molecule has 0 aliphatic carbocycles. The van der Waals surface area contributed by atoms with E-state index in [0.29, 0.717) is 0 Å². The first-order valence-corrected chi connectivity index (χ1v) is 13.7. The van der Waals surface area contributed by atoms with Gasteiger partial charge in [-0.05, 0) is 80.6 Å². The van der Waals surface area contributed by atoms with Crippen molar-refractivity contribution < 1.29 is 4.79 Å². The fraction of sp³-hybridized carbons (Fsp3) is 0.414. The van der Waals surface area contributed by atoms with Crippen LogP contribution in [0.1, 0.15) is 39.2 Å². The highest BCUT2D eigenvalue weighted by atomic mass is 32.1. The van der Waals surface area contributed by atoms with E-state index in [1.807, 2.05) is 6.07 Å². The molecule has 0 radical (unpaired) electrons. The predicted molar refractivity (Wildman–Crippen MR) is 148 cm³/mol. The van der Waals surface area contributed by atoms with Gasteiger partial charge in [0.05, 0.1) is 9.88 Å². The highest BCUT2D eigenvalue weighted by molar-refractivity contribution is 7.18. The number of piperazine rings is 1. The van der Waals surface area contributed by atoms with Crippen LogP contribution in [-0.4, -0.2) is 56.6 Å². The molecule has 5 rings (SSSR count). The minimum absolute atomic E-state index is 0.0475. The largest absolute Gasteiger partial charge is 0.369 e. The number of hydrogen-bond donors (Lipinski definition) is 1. The molecule has 2 aromatic carbocycles. The lowest BCUT2D eigenvalue weighted by molar-refractivity contribution is 0.0955. The molecule has 184 valence electrons. The number of hydrogen-bond acceptors (Lipinski definition) is 5. The Morgan fingerprint density at radius 3 is 2.63 bits per heavy atom. The molecule has 5 nitrogen and oxygen atoms in total. The van der Waals surface area contributed by atoms with Crippen LogP contribution in [0.4, 0.5) is 16.4 Å². The number of para-hydroxylation sites is 1. The Morgan fingerprint density at radius 1 is 0.943 bits per heavy atom. The molecule has 1 saturated heterocycles. The van der Waals surface area contributed by atoms with Gasteiger partial charge in [-0.1, -0.05) is 30.3 Å². The molecular formula is C29H36N4OS. The number of fused-ring (bicyclic) bond motifs is 1. The lowest BCUT2D eigenvalue weighted by atomic mass is 10.0. The van der Waals surface area contributed by atoms with E-state index < -0.39 is 0 Å². The summed E-state index contributed by atoms with van der Waals surface area (Å²) in [7, 11) is 0. The maximum Gasteiger partial charge on any atom is 0.261 e. The number of nitrogens with one attached hydrogen (secondary N) is 1. The van der Waals surface area contributed by atoms with Gasteiger partial charge in [0.1, 0.15) is 0 Å². The second-order valence-electron chi connectivity index (χ2n) is 9.75. The average molecular weight is 489 g/mol. The fourth-order valence-electron chi connectivity index (χ4n) is 5.22. The maximum absolute atomic E-state index is 12.8. The van der Waals surface area contributed by atoms with Crippen molar-refractivity contribution in [2.24, 2.45) is 0 Å². The molecule has 2 aliphatic rings. The van der Waals surface area contributed by atoms with Gasteiger partial charge in [-0.2, -0.15) is 0 Å². The van der Waals surface area contributed by atoms with Crippen LogP contribution in [-0.2, 0) is 6.42 Å². The molecule has 0 spiro atoms. The smallest absolute Gasteiger partial charge is 0.261 e. The lowest BCUT2D eigenvalue weighted by Crippen LogP contribution is -2.47. The Morgan fingerprint density at radius 2 is 1.77 bits per heavy atom. The molecule has 1 amide bonds. The number of carbonyl (C=O) groups excluding carboxylic acids is 1. The van der Waals surface area contributed by atoms with Crippen LogP contribution in [0, 0.1) is 13.8 Å². The van der Waals surface area contributed by atoms with Crippen molar-refractivity contribution in [2.75, 3.05) is 55.6 Å². The number of amides is 1. The average Bonchev–Trinajstić information content (AvgIpc) is 3.38. The Kier molecular flexibility index (Phi) is 7.40. The molecule has 1 fully saturated rings. The quantitative estimate of drug-likeness (QED) is 0.453. The predicted octanol–water partition coefficient (Wildman–Crippen LogP) is 5.39. The van der Waals surface area contributed by atoms with Crippen LogP contribution in [0.25, 0.3) is 0 Å². The zero-order valence-corrected chi connectivity index (χ0v) is 21.7. The first-order valence-electron chi connectivity index (χ1n) is 12.9. The van der Waals surface area contributed by atoms with Crippen LogP contribution >= 0.6 is 11.3 Å². The van der Waals surface area contributed by atoms with E-state index in [-0.39, 0.29) is 5.91 Å². The van der Waals surface area contributed by atoms with E-state index in [1.54, 1.807) is 11.3 Å². The normalized spacial score (nSPS) is 16.3. The van der Waals surface area contributed by atoms with Crippen molar-refractivity contribution in [3.8, 4) is 0 Å². The van der Waals surface area contributed by atoms with E-state index in [9.17, 15) is 4.79 Å². The summed E-state index contributed by atoms with van der Waals surface area (Å²) in [6.45, 7) is 11.4. The number of thiophene rings is 1. The molecule has 0 saturated carbocycles. The minimum atomic E-state index is 0.0475. The standard InChI is InChI=1S/C29H36N4OS/c1-22-10-11-23(2)26(21-22)32-19-17-31(18-20-32)15-6-14-30-29(34)27-12-13-28(35-27)33-16-5-8-24-7-3-4-9-25(24)33/h3-4,7,9-13,21H,5-6,8,14-20H2,1-2H3,(H,30,34). The van der Waals surface area contributed by atoms with Crippen molar-refractivity contribution in [1.29, 1.82) is 0 Å². The third-order valence-corrected chi connectivity index (χ3v) is 8.31. The highest BCUT2D eigenvalue weighted by Gasteiger charge is 2.21. The molecule has 6 heteroatoms. The number of benzene rings is 2. The Bertz CT molecular complexity index is 1160. The van der Waals surface area contributed by atoms with Gasteiger partial charge in [0.2, 0.25) is 0 Å². The molecule has 0 bridgehead atoms. The third kappa shape index (κ3) is 5.54. The van der Waals surface area contributed by atoms with E-state index in [1.165, 1.54) is 28.1 Å². The summed E-state index contributed by atoms with van der Waals surface area (Å²) in [5, 5.41) is 4.29. The summed E-state index contributed by atoms with van der Waals surface area (Å²) < 4.78 is 0. The van der Waals surface area contributed by atoms with Crippen molar-refractivity contribution in [2.45, 2.75) is 33.1 Å². The number of nitrogens with zero attached hydrogens (tertiary/aromatic N) is 3. The second kappa shape index (κ2) is 10.8. The van der Waals surface area contributed by atoms with Gasteiger partial charge >= 0.3 is 0 Å².